The first-order valence-corrected chi connectivity index (χ1v) is 7.95. The Morgan fingerprint density at radius 3 is 2.75 bits per heavy atom. The minimum Gasteiger partial charge on any atom is -0.506 e. The van der Waals surface area contributed by atoms with Crippen LogP contribution in [0.3, 0.4) is 0 Å². The third kappa shape index (κ3) is 3.49. The minimum absolute atomic E-state index is 0.0203. The number of aromatic amines is 1. The molecule has 0 unspecified atom stereocenters. The maximum Gasteiger partial charge on any atom is 0.335 e. The zero-order chi connectivity index (χ0) is 17.1. The molecule has 24 heavy (non-hydrogen) atoms. The summed E-state index contributed by atoms with van der Waals surface area (Å²) in [5, 5.41) is 21.8. The molecule has 1 amide bonds. The summed E-state index contributed by atoms with van der Waals surface area (Å²) in [6.45, 7) is 0. The third-order valence-electron chi connectivity index (χ3n) is 3.23. The molecule has 0 bridgehead atoms. The number of rotatable bonds is 5. The maximum absolute atomic E-state index is 12.0. The monoisotopic (exact) mass is 343 g/mol. The number of fused-ring (bicyclic) bond motifs is 1. The number of carboxylic acids is 1. The Kier molecular flexibility index (Phi) is 4.39. The Balaban J connectivity index is 1.65. The van der Waals surface area contributed by atoms with Crippen LogP contribution < -0.4 is 5.32 Å². The number of phenols is 1. The number of amides is 1. The SMILES string of the molecule is O=C(CSc1nc2ccccc2[nH]1)Nc1cc(C(=O)O)ccc1O. The van der Waals surface area contributed by atoms with Crippen LogP contribution in [-0.4, -0.2) is 37.8 Å². The van der Waals surface area contributed by atoms with Gasteiger partial charge in [-0.1, -0.05) is 23.9 Å². The number of imidazole rings is 1. The molecule has 0 saturated carbocycles. The van der Waals surface area contributed by atoms with Crippen molar-refractivity contribution in [3.63, 3.8) is 0 Å². The number of hydrogen-bond donors (Lipinski definition) is 4. The smallest absolute Gasteiger partial charge is 0.335 e. The Labute approximate surface area is 140 Å². The Bertz CT molecular complexity index is 890. The van der Waals surface area contributed by atoms with Gasteiger partial charge in [0.15, 0.2) is 5.16 Å². The molecule has 3 aromatic rings. The van der Waals surface area contributed by atoms with E-state index >= 15 is 0 Å². The molecule has 122 valence electrons. The van der Waals surface area contributed by atoms with Gasteiger partial charge in [-0.05, 0) is 30.3 Å². The van der Waals surface area contributed by atoms with E-state index in [9.17, 15) is 14.7 Å². The van der Waals surface area contributed by atoms with Crippen molar-refractivity contribution in [2.45, 2.75) is 5.16 Å². The minimum atomic E-state index is -1.14. The summed E-state index contributed by atoms with van der Waals surface area (Å²) in [5.41, 5.74) is 1.73. The van der Waals surface area contributed by atoms with Crippen LogP contribution in [0.1, 0.15) is 10.4 Å². The van der Waals surface area contributed by atoms with Crippen LogP contribution in [0.25, 0.3) is 11.0 Å². The number of H-pyrrole nitrogens is 1. The predicted molar refractivity (Wildman–Crippen MR) is 90.5 cm³/mol. The van der Waals surface area contributed by atoms with Crippen LogP contribution in [-0.2, 0) is 4.79 Å². The summed E-state index contributed by atoms with van der Waals surface area (Å²) in [4.78, 5) is 30.4. The predicted octanol–water partition coefficient (Wildman–Crippen LogP) is 2.70. The summed E-state index contributed by atoms with van der Waals surface area (Å²) < 4.78 is 0. The molecule has 0 aliphatic rings. The quantitative estimate of drug-likeness (QED) is 0.418. The summed E-state index contributed by atoms with van der Waals surface area (Å²) >= 11 is 1.21. The van der Waals surface area contributed by atoms with Crippen molar-refractivity contribution in [3.8, 4) is 5.75 Å². The standard InChI is InChI=1S/C16H13N3O4S/c20-13-6-5-9(15(22)23)7-12(13)17-14(21)8-24-16-18-10-3-1-2-4-11(10)19-16/h1-7,20H,8H2,(H,17,21)(H,18,19)(H,22,23). The molecule has 0 radical (unpaired) electrons. The van der Waals surface area contributed by atoms with Gasteiger partial charge in [0.2, 0.25) is 5.91 Å². The Morgan fingerprint density at radius 1 is 1.21 bits per heavy atom. The van der Waals surface area contributed by atoms with Gasteiger partial charge in [-0.2, -0.15) is 0 Å². The first-order valence-electron chi connectivity index (χ1n) is 6.96. The number of carbonyl (C=O) groups excluding carboxylic acids is 1. The number of benzene rings is 2. The molecule has 1 aromatic heterocycles. The molecule has 0 aliphatic heterocycles. The Morgan fingerprint density at radius 2 is 2.00 bits per heavy atom. The first kappa shape index (κ1) is 15.9. The number of thioether (sulfide) groups is 1. The van der Waals surface area contributed by atoms with E-state index in [0.29, 0.717) is 5.16 Å². The highest BCUT2D eigenvalue weighted by Crippen LogP contribution is 2.25. The fourth-order valence-electron chi connectivity index (χ4n) is 2.09. The van der Waals surface area contributed by atoms with E-state index in [1.54, 1.807) is 0 Å². The number of aromatic carboxylic acids is 1. The lowest BCUT2D eigenvalue weighted by Gasteiger charge is -2.07. The van der Waals surface area contributed by atoms with E-state index in [0.717, 1.165) is 11.0 Å². The number of carbonyl (C=O) groups is 2. The fraction of sp³-hybridized carbons (Fsp3) is 0.0625. The molecule has 3 rings (SSSR count). The molecule has 0 atom stereocenters. The molecular weight excluding hydrogens is 330 g/mol. The molecule has 0 fully saturated rings. The van der Waals surface area contributed by atoms with Crippen molar-refractivity contribution in [3.05, 3.63) is 48.0 Å². The molecule has 7 nitrogen and oxygen atoms in total. The van der Waals surface area contributed by atoms with Crippen molar-refractivity contribution in [1.82, 2.24) is 9.97 Å². The number of aromatic nitrogens is 2. The maximum atomic E-state index is 12.0. The molecule has 0 aliphatic carbocycles. The largest absolute Gasteiger partial charge is 0.506 e. The van der Waals surface area contributed by atoms with Crippen LogP contribution in [0.2, 0.25) is 0 Å². The van der Waals surface area contributed by atoms with Crippen molar-refractivity contribution < 1.29 is 19.8 Å². The number of nitrogens with one attached hydrogen (secondary N) is 2. The van der Waals surface area contributed by atoms with Crippen LogP contribution in [0.15, 0.2) is 47.6 Å². The summed E-state index contributed by atoms with van der Waals surface area (Å²) in [5.74, 6) is -1.64. The molecule has 8 heteroatoms. The number of carboxylic acid groups (broad SMARTS) is 1. The summed E-state index contributed by atoms with van der Waals surface area (Å²) in [6, 6.07) is 11.2. The van der Waals surface area contributed by atoms with Crippen molar-refractivity contribution in [1.29, 1.82) is 0 Å². The highest BCUT2D eigenvalue weighted by Gasteiger charge is 2.12. The zero-order valence-electron chi connectivity index (χ0n) is 12.3. The summed E-state index contributed by atoms with van der Waals surface area (Å²) in [6.07, 6.45) is 0. The van der Waals surface area contributed by atoms with E-state index in [-0.39, 0.29) is 28.7 Å². The Hall–Kier alpha value is -3.00. The number of nitrogens with zero attached hydrogens (tertiary/aromatic N) is 1. The van der Waals surface area contributed by atoms with E-state index in [1.807, 2.05) is 24.3 Å². The fourth-order valence-corrected chi connectivity index (χ4v) is 2.77. The van der Waals surface area contributed by atoms with Gasteiger partial charge in [-0.25, -0.2) is 9.78 Å². The number of anilines is 1. The van der Waals surface area contributed by atoms with E-state index < -0.39 is 5.97 Å². The number of phenolic OH excluding ortho intramolecular Hbond substituents is 1. The highest BCUT2D eigenvalue weighted by atomic mass is 32.2. The lowest BCUT2D eigenvalue weighted by Crippen LogP contribution is -2.14. The van der Waals surface area contributed by atoms with Crippen LogP contribution >= 0.6 is 11.8 Å². The molecule has 2 aromatic carbocycles. The second kappa shape index (κ2) is 6.63. The van der Waals surface area contributed by atoms with Crippen LogP contribution in [0.5, 0.6) is 5.75 Å². The third-order valence-corrected chi connectivity index (χ3v) is 4.10. The average molecular weight is 343 g/mol. The molecule has 0 saturated heterocycles. The zero-order valence-corrected chi connectivity index (χ0v) is 13.1. The van der Waals surface area contributed by atoms with E-state index in [2.05, 4.69) is 15.3 Å². The van der Waals surface area contributed by atoms with Crippen molar-refractivity contribution >= 4 is 40.4 Å². The first-order chi connectivity index (χ1) is 11.5. The van der Waals surface area contributed by atoms with E-state index in [1.165, 1.54) is 30.0 Å². The van der Waals surface area contributed by atoms with Crippen molar-refractivity contribution in [2.75, 3.05) is 11.1 Å². The topological polar surface area (TPSA) is 115 Å². The van der Waals surface area contributed by atoms with Gasteiger partial charge in [0.25, 0.3) is 0 Å². The second-order valence-electron chi connectivity index (χ2n) is 4.93. The lowest BCUT2D eigenvalue weighted by molar-refractivity contribution is -0.113. The lowest BCUT2D eigenvalue weighted by atomic mass is 10.2. The second-order valence-corrected chi connectivity index (χ2v) is 5.90. The van der Waals surface area contributed by atoms with E-state index in [4.69, 9.17) is 5.11 Å². The molecule has 1 heterocycles. The van der Waals surface area contributed by atoms with Crippen LogP contribution in [0.4, 0.5) is 5.69 Å². The van der Waals surface area contributed by atoms with Gasteiger partial charge in [0.05, 0.1) is 28.0 Å². The molecular formula is C16H13N3O4S. The van der Waals surface area contributed by atoms with Gasteiger partial charge in [0.1, 0.15) is 5.75 Å². The van der Waals surface area contributed by atoms with Gasteiger partial charge in [-0.3, -0.25) is 4.79 Å². The van der Waals surface area contributed by atoms with Crippen molar-refractivity contribution in [2.24, 2.45) is 0 Å². The average Bonchev–Trinajstić information content (AvgIpc) is 2.97. The van der Waals surface area contributed by atoms with Gasteiger partial charge in [-0.15, -0.1) is 0 Å². The normalized spacial score (nSPS) is 10.7. The summed E-state index contributed by atoms with van der Waals surface area (Å²) in [7, 11) is 0. The van der Waals surface area contributed by atoms with Gasteiger partial charge >= 0.3 is 5.97 Å². The van der Waals surface area contributed by atoms with Gasteiger partial charge < -0.3 is 20.5 Å². The molecule has 0 spiro atoms. The highest BCUT2D eigenvalue weighted by molar-refractivity contribution is 7.99. The number of hydrogen-bond acceptors (Lipinski definition) is 5. The van der Waals surface area contributed by atoms with Crippen LogP contribution in [0, 0.1) is 0 Å². The molecule has 4 N–H and O–H groups in total. The van der Waals surface area contributed by atoms with Gasteiger partial charge in [0, 0.05) is 0 Å². The number of para-hydroxylation sites is 2. The number of aromatic hydroxyl groups is 1.